The highest BCUT2D eigenvalue weighted by molar-refractivity contribution is 5.96. The molecule has 1 rings (SSSR count). The Hall–Kier alpha value is -1.88. The molecule has 0 aromatic heterocycles. The summed E-state index contributed by atoms with van der Waals surface area (Å²) in [6, 6.07) is 3.22. The number of ether oxygens (including phenoxy) is 1. The molecule has 5 heteroatoms. The molecule has 0 atom stereocenters. The van der Waals surface area contributed by atoms with Crippen molar-refractivity contribution in [2.45, 2.75) is 27.2 Å². The lowest BCUT2D eigenvalue weighted by Gasteiger charge is -2.11. The fraction of sp³-hybridized carbons (Fsp3) is 0.429. The van der Waals surface area contributed by atoms with Gasteiger partial charge in [0.05, 0.1) is 5.56 Å². The minimum atomic E-state index is -1.00. The molecular weight excluding hydrogens is 246 g/mol. The van der Waals surface area contributed by atoms with Gasteiger partial charge in [-0.2, -0.15) is 0 Å². The number of carboxylic acids is 1. The quantitative estimate of drug-likeness (QED) is 0.774. The van der Waals surface area contributed by atoms with Gasteiger partial charge in [-0.05, 0) is 37.5 Å². The van der Waals surface area contributed by atoms with E-state index in [0.29, 0.717) is 17.9 Å². The van der Waals surface area contributed by atoms with Crippen LogP contribution in [0, 0.1) is 13.8 Å². The van der Waals surface area contributed by atoms with Crippen LogP contribution in [0.25, 0.3) is 0 Å². The Bertz CT molecular complexity index is 483. The normalized spacial score (nSPS) is 10.3. The highest BCUT2D eigenvalue weighted by atomic mass is 16.5. The summed E-state index contributed by atoms with van der Waals surface area (Å²) in [6.07, 6.45) is 0.847. The van der Waals surface area contributed by atoms with Gasteiger partial charge in [0.15, 0.2) is 0 Å². The first-order valence-electron chi connectivity index (χ1n) is 6.17. The fourth-order valence-electron chi connectivity index (χ4n) is 1.71. The predicted molar refractivity (Wildman–Crippen MR) is 72.6 cm³/mol. The first-order valence-corrected chi connectivity index (χ1v) is 6.17. The molecule has 2 N–H and O–H groups in total. The standard InChI is InChI=1S/C14H19NO4/c1-4-5-19-8-13(16)15-12-7-11(14(17)18)9(2)6-10(12)3/h6-7H,4-5,8H2,1-3H3,(H,15,16)(H,17,18). The molecule has 0 heterocycles. The number of amides is 1. The zero-order valence-corrected chi connectivity index (χ0v) is 11.4. The number of carboxylic acid groups (broad SMARTS) is 1. The van der Waals surface area contributed by atoms with Gasteiger partial charge in [-0.3, -0.25) is 4.79 Å². The lowest BCUT2D eigenvalue weighted by molar-refractivity contribution is -0.120. The molecule has 0 radical (unpaired) electrons. The maximum absolute atomic E-state index is 11.6. The molecule has 5 nitrogen and oxygen atoms in total. The van der Waals surface area contributed by atoms with Crippen molar-refractivity contribution in [3.63, 3.8) is 0 Å². The van der Waals surface area contributed by atoms with E-state index in [4.69, 9.17) is 9.84 Å². The van der Waals surface area contributed by atoms with E-state index in [9.17, 15) is 9.59 Å². The number of aryl methyl sites for hydroxylation is 2. The van der Waals surface area contributed by atoms with E-state index >= 15 is 0 Å². The largest absolute Gasteiger partial charge is 0.478 e. The number of carbonyl (C=O) groups excluding carboxylic acids is 1. The van der Waals surface area contributed by atoms with E-state index in [1.165, 1.54) is 6.07 Å². The van der Waals surface area contributed by atoms with Crippen LogP contribution in [-0.4, -0.2) is 30.2 Å². The molecule has 1 aromatic rings. The van der Waals surface area contributed by atoms with Crippen LogP contribution in [0.15, 0.2) is 12.1 Å². The van der Waals surface area contributed by atoms with Gasteiger partial charge < -0.3 is 15.2 Å². The number of anilines is 1. The van der Waals surface area contributed by atoms with Crippen molar-refractivity contribution in [1.82, 2.24) is 0 Å². The molecular formula is C14H19NO4. The molecule has 0 aliphatic heterocycles. The van der Waals surface area contributed by atoms with Crippen LogP contribution in [-0.2, 0) is 9.53 Å². The van der Waals surface area contributed by atoms with Crippen LogP contribution in [0.4, 0.5) is 5.69 Å². The maximum Gasteiger partial charge on any atom is 0.336 e. The van der Waals surface area contributed by atoms with Crippen LogP contribution >= 0.6 is 0 Å². The highest BCUT2D eigenvalue weighted by Crippen LogP contribution is 2.20. The topological polar surface area (TPSA) is 75.6 Å². The van der Waals surface area contributed by atoms with E-state index in [0.717, 1.165) is 12.0 Å². The third-order valence-corrected chi connectivity index (χ3v) is 2.66. The first kappa shape index (κ1) is 15.2. The van der Waals surface area contributed by atoms with E-state index in [2.05, 4.69) is 5.32 Å². The van der Waals surface area contributed by atoms with Crippen LogP contribution < -0.4 is 5.32 Å². The zero-order chi connectivity index (χ0) is 14.4. The Morgan fingerprint density at radius 1 is 1.26 bits per heavy atom. The average molecular weight is 265 g/mol. The summed E-state index contributed by atoms with van der Waals surface area (Å²) in [7, 11) is 0. The average Bonchev–Trinajstić information content (AvgIpc) is 2.32. The van der Waals surface area contributed by atoms with Gasteiger partial charge in [-0.25, -0.2) is 4.79 Å². The van der Waals surface area contributed by atoms with Gasteiger partial charge in [0.25, 0.3) is 0 Å². The summed E-state index contributed by atoms with van der Waals surface area (Å²) < 4.78 is 5.13. The molecule has 0 unspecified atom stereocenters. The number of hydrogen-bond acceptors (Lipinski definition) is 3. The van der Waals surface area contributed by atoms with Gasteiger partial charge in [0.1, 0.15) is 6.61 Å². The summed E-state index contributed by atoms with van der Waals surface area (Å²) in [4.78, 5) is 22.7. The summed E-state index contributed by atoms with van der Waals surface area (Å²) in [5, 5.41) is 11.7. The second kappa shape index (κ2) is 6.89. The summed E-state index contributed by atoms with van der Waals surface area (Å²) >= 11 is 0. The minimum absolute atomic E-state index is 0.0242. The minimum Gasteiger partial charge on any atom is -0.478 e. The SMILES string of the molecule is CCCOCC(=O)Nc1cc(C(=O)O)c(C)cc1C. The number of aromatic carboxylic acids is 1. The second-order valence-corrected chi connectivity index (χ2v) is 4.39. The van der Waals surface area contributed by atoms with Crippen molar-refractivity contribution in [3.05, 3.63) is 28.8 Å². The number of carbonyl (C=O) groups is 2. The highest BCUT2D eigenvalue weighted by Gasteiger charge is 2.12. The van der Waals surface area contributed by atoms with Gasteiger partial charge in [0, 0.05) is 12.3 Å². The fourth-order valence-corrected chi connectivity index (χ4v) is 1.71. The number of hydrogen-bond donors (Lipinski definition) is 2. The molecule has 0 aliphatic carbocycles. The van der Waals surface area contributed by atoms with Crippen molar-refractivity contribution >= 4 is 17.6 Å². The summed E-state index contributed by atoms with van der Waals surface area (Å²) in [6.45, 7) is 6.01. The van der Waals surface area contributed by atoms with Crippen molar-refractivity contribution in [1.29, 1.82) is 0 Å². The van der Waals surface area contributed by atoms with Gasteiger partial charge in [-0.1, -0.05) is 13.0 Å². The zero-order valence-electron chi connectivity index (χ0n) is 11.4. The van der Waals surface area contributed by atoms with Crippen molar-refractivity contribution in [2.24, 2.45) is 0 Å². The molecule has 0 spiro atoms. The second-order valence-electron chi connectivity index (χ2n) is 4.39. The van der Waals surface area contributed by atoms with Crippen molar-refractivity contribution in [3.8, 4) is 0 Å². The van der Waals surface area contributed by atoms with Crippen LogP contribution in [0.3, 0.4) is 0 Å². The lowest BCUT2D eigenvalue weighted by Crippen LogP contribution is -2.19. The Labute approximate surface area is 112 Å². The Morgan fingerprint density at radius 2 is 1.95 bits per heavy atom. The smallest absolute Gasteiger partial charge is 0.336 e. The molecule has 0 fully saturated rings. The Morgan fingerprint density at radius 3 is 2.53 bits per heavy atom. The number of nitrogens with one attached hydrogen (secondary N) is 1. The maximum atomic E-state index is 11.6. The Balaban J connectivity index is 2.80. The molecule has 19 heavy (non-hydrogen) atoms. The van der Waals surface area contributed by atoms with Crippen molar-refractivity contribution in [2.75, 3.05) is 18.5 Å². The van der Waals surface area contributed by atoms with E-state index in [-0.39, 0.29) is 18.1 Å². The molecule has 104 valence electrons. The molecule has 0 aliphatic rings. The number of benzene rings is 1. The number of rotatable bonds is 6. The van der Waals surface area contributed by atoms with E-state index in [1.54, 1.807) is 13.0 Å². The first-order chi connectivity index (χ1) is 8.95. The lowest BCUT2D eigenvalue weighted by atomic mass is 10.0. The molecule has 0 saturated carbocycles. The summed E-state index contributed by atoms with van der Waals surface area (Å²) in [5.74, 6) is -1.29. The monoisotopic (exact) mass is 265 g/mol. The van der Waals surface area contributed by atoms with E-state index in [1.807, 2.05) is 13.8 Å². The molecule has 0 bridgehead atoms. The van der Waals surface area contributed by atoms with Crippen LogP contribution in [0.1, 0.15) is 34.8 Å². The molecule has 1 aromatic carbocycles. The summed E-state index contributed by atoms with van der Waals surface area (Å²) in [5.41, 5.74) is 2.19. The van der Waals surface area contributed by atoms with Crippen molar-refractivity contribution < 1.29 is 19.4 Å². The Kier molecular flexibility index (Phi) is 5.51. The van der Waals surface area contributed by atoms with Gasteiger partial charge in [0.2, 0.25) is 5.91 Å². The van der Waals surface area contributed by atoms with E-state index < -0.39 is 5.97 Å². The molecule has 1 amide bonds. The van der Waals surface area contributed by atoms with Gasteiger partial charge in [-0.15, -0.1) is 0 Å². The van der Waals surface area contributed by atoms with Crippen LogP contribution in [0.5, 0.6) is 0 Å². The third-order valence-electron chi connectivity index (χ3n) is 2.66. The molecule has 0 saturated heterocycles. The third kappa shape index (κ3) is 4.37. The van der Waals surface area contributed by atoms with Crippen LogP contribution in [0.2, 0.25) is 0 Å². The van der Waals surface area contributed by atoms with Gasteiger partial charge >= 0.3 is 5.97 Å². The predicted octanol–water partition coefficient (Wildman–Crippen LogP) is 2.37.